The fourth-order valence-corrected chi connectivity index (χ4v) is 2.72. The summed E-state index contributed by atoms with van der Waals surface area (Å²) < 4.78 is 1.17. The molecule has 0 saturated carbocycles. The molecule has 0 aliphatic carbocycles. The van der Waals surface area contributed by atoms with E-state index in [2.05, 4.69) is 59.5 Å². The normalized spacial score (nSPS) is 14.3. The summed E-state index contributed by atoms with van der Waals surface area (Å²) in [5.41, 5.74) is 1.39. The summed E-state index contributed by atoms with van der Waals surface area (Å²) in [6.45, 7) is 7.67. The third-order valence-corrected chi connectivity index (χ3v) is 3.98. The molecule has 0 amide bonds. The molecule has 3 heteroatoms. The third kappa shape index (κ3) is 4.49. The second kappa shape index (κ2) is 6.46. The largest absolute Gasteiger partial charge is 0.311 e. The minimum absolute atomic E-state index is 0.464. The summed E-state index contributed by atoms with van der Waals surface area (Å²) in [5, 5.41) is 5.60. The fraction of sp³-hybridized carbons (Fsp3) is 0.500. The van der Waals surface area contributed by atoms with Crippen molar-refractivity contribution in [2.75, 3.05) is 6.54 Å². The van der Waals surface area contributed by atoms with Crippen LogP contribution in [0.5, 0.6) is 0 Å². The van der Waals surface area contributed by atoms with Crippen LogP contribution in [0.4, 0.5) is 0 Å². The molecule has 1 unspecified atom stereocenters. The van der Waals surface area contributed by atoms with Crippen LogP contribution in [0.3, 0.4) is 0 Å². The maximum absolute atomic E-state index is 3.48. The van der Waals surface area contributed by atoms with Crippen molar-refractivity contribution in [3.63, 3.8) is 0 Å². The Morgan fingerprint density at radius 3 is 2.93 bits per heavy atom. The molecule has 0 aliphatic heterocycles. The molecule has 1 atom stereocenters. The van der Waals surface area contributed by atoms with E-state index in [1.165, 1.54) is 21.3 Å². The Morgan fingerprint density at radius 2 is 2.40 bits per heavy atom. The molecular weight excluding hydrogens is 270 g/mol. The Labute approximate surface area is 105 Å². The molecule has 1 rings (SSSR count). The number of thiophene rings is 1. The Balaban J connectivity index is 2.58. The quantitative estimate of drug-likeness (QED) is 0.851. The van der Waals surface area contributed by atoms with Gasteiger partial charge >= 0.3 is 0 Å². The van der Waals surface area contributed by atoms with Crippen LogP contribution in [-0.2, 0) is 0 Å². The van der Waals surface area contributed by atoms with Crippen LogP contribution in [0, 0.1) is 0 Å². The molecule has 0 aromatic carbocycles. The topological polar surface area (TPSA) is 12.0 Å². The average molecular weight is 288 g/mol. The summed E-state index contributed by atoms with van der Waals surface area (Å²) in [6.07, 6.45) is 3.44. The van der Waals surface area contributed by atoms with Crippen molar-refractivity contribution in [2.24, 2.45) is 0 Å². The van der Waals surface area contributed by atoms with Crippen LogP contribution < -0.4 is 5.32 Å². The van der Waals surface area contributed by atoms with Crippen LogP contribution in [-0.4, -0.2) is 12.6 Å². The summed E-state index contributed by atoms with van der Waals surface area (Å²) in [5.74, 6) is 0. The van der Waals surface area contributed by atoms with Crippen molar-refractivity contribution < 1.29 is 0 Å². The molecular formula is C12H18BrNS. The van der Waals surface area contributed by atoms with Crippen molar-refractivity contribution >= 4 is 33.3 Å². The molecule has 1 aromatic heterocycles. The molecule has 0 spiro atoms. The molecule has 15 heavy (non-hydrogen) atoms. The monoisotopic (exact) mass is 287 g/mol. The van der Waals surface area contributed by atoms with Gasteiger partial charge < -0.3 is 5.32 Å². The van der Waals surface area contributed by atoms with Crippen LogP contribution in [0.2, 0.25) is 0 Å². The van der Waals surface area contributed by atoms with Gasteiger partial charge in [0.2, 0.25) is 0 Å². The van der Waals surface area contributed by atoms with Gasteiger partial charge in [-0.05, 0) is 54.9 Å². The first-order valence-corrected chi connectivity index (χ1v) is 6.96. The molecule has 1 aromatic rings. The Hall–Kier alpha value is -0.120. The number of hydrogen-bond acceptors (Lipinski definition) is 2. The first-order chi connectivity index (χ1) is 7.13. The van der Waals surface area contributed by atoms with Crippen molar-refractivity contribution in [3.8, 4) is 0 Å². The van der Waals surface area contributed by atoms with Crippen molar-refractivity contribution in [2.45, 2.75) is 33.2 Å². The predicted octanol–water partition coefficient (Wildman–Crippen LogP) is 4.30. The molecule has 0 bridgehead atoms. The van der Waals surface area contributed by atoms with Crippen LogP contribution >= 0.6 is 27.3 Å². The first-order valence-electron chi connectivity index (χ1n) is 5.29. The van der Waals surface area contributed by atoms with Crippen LogP contribution in [0.15, 0.2) is 21.5 Å². The second-order valence-electron chi connectivity index (χ2n) is 3.73. The highest BCUT2D eigenvalue weighted by molar-refractivity contribution is 9.10. The summed E-state index contributed by atoms with van der Waals surface area (Å²) in [6, 6.07) is 2.62. The molecule has 0 radical (unpaired) electrons. The highest BCUT2D eigenvalue weighted by atomic mass is 79.9. The smallest absolute Gasteiger partial charge is 0.0288 e. The van der Waals surface area contributed by atoms with Crippen molar-refractivity contribution in [1.82, 2.24) is 5.32 Å². The highest BCUT2D eigenvalue weighted by Gasteiger charge is 2.03. The van der Waals surface area contributed by atoms with E-state index < -0.39 is 0 Å². The van der Waals surface area contributed by atoms with Crippen molar-refractivity contribution in [1.29, 1.82) is 0 Å². The molecule has 1 N–H and O–H groups in total. The number of hydrogen-bond donors (Lipinski definition) is 1. The van der Waals surface area contributed by atoms with Gasteiger partial charge in [0.1, 0.15) is 0 Å². The second-order valence-corrected chi connectivity index (χ2v) is 5.59. The van der Waals surface area contributed by atoms with E-state index in [4.69, 9.17) is 0 Å². The van der Waals surface area contributed by atoms with Gasteiger partial charge in [-0.3, -0.25) is 0 Å². The number of halogens is 1. The first kappa shape index (κ1) is 12.9. The minimum atomic E-state index is 0.464. The van der Waals surface area contributed by atoms with E-state index in [-0.39, 0.29) is 0 Å². The Kier molecular flexibility index (Phi) is 5.58. The maximum atomic E-state index is 3.48. The van der Waals surface area contributed by atoms with Crippen LogP contribution in [0.1, 0.15) is 32.1 Å². The van der Waals surface area contributed by atoms with E-state index in [9.17, 15) is 0 Å². The van der Waals surface area contributed by atoms with Gasteiger partial charge in [0.05, 0.1) is 0 Å². The van der Waals surface area contributed by atoms with E-state index >= 15 is 0 Å². The van der Waals surface area contributed by atoms with Crippen LogP contribution in [0.25, 0.3) is 6.08 Å². The number of nitrogens with one attached hydrogen (secondary N) is 1. The molecule has 0 saturated heterocycles. The van der Waals surface area contributed by atoms with E-state index in [1.807, 2.05) is 0 Å². The lowest BCUT2D eigenvalue weighted by molar-refractivity contribution is 0.604. The summed E-state index contributed by atoms with van der Waals surface area (Å²) in [7, 11) is 0. The molecule has 84 valence electrons. The van der Waals surface area contributed by atoms with Gasteiger partial charge in [-0.25, -0.2) is 0 Å². The average Bonchev–Trinajstić information content (AvgIpc) is 2.60. The van der Waals surface area contributed by atoms with Gasteiger partial charge in [0.25, 0.3) is 0 Å². The lowest BCUT2D eigenvalue weighted by atomic mass is 10.1. The minimum Gasteiger partial charge on any atom is -0.311 e. The standard InChI is InChI=1S/C12H18BrNS/c1-4-5-14-10(3)9(2)6-12-7-11(13)8-15-12/h6-8,10,14H,4-5H2,1-3H3. The lowest BCUT2D eigenvalue weighted by Crippen LogP contribution is -2.27. The summed E-state index contributed by atoms with van der Waals surface area (Å²) >= 11 is 5.23. The maximum Gasteiger partial charge on any atom is 0.0288 e. The Morgan fingerprint density at radius 1 is 1.67 bits per heavy atom. The van der Waals surface area contributed by atoms with Gasteiger partial charge in [-0.2, -0.15) is 0 Å². The zero-order valence-corrected chi connectivity index (χ0v) is 11.9. The number of rotatable bonds is 5. The molecule has 0 fully saturated rings. The predicted molar refractivity (Wildman–Crippen MR) is 73.4 cm³/mol. The molecule has 0 aliphatic rings. The fourth-order valence-electron chi connectivity index (χ4n) is 1.28. The van der Waals surface area contributed by atoms with Gasteiger partial charge in [-0.15, -0.1) is 11.3 Å². The third-order valence-electron chi connectivity index (χ3n) is 2.34. The Bertz CT molecular complexity index is 330. The molecule has 1 heterocycles. The highest BCUT2D eigenvalue weighted by Crippen LogP contribution is 2.22. The van der Waals surface area contributed by atoms with Gasteiger partial charge in [0, 0.05) is 20.8 Å². The SMILES string of the molecule is CCCNC(C)C(C)=Cc1cc(Br)cs1. The lowest BCUT2D eigenvalue weighted by Gasteiger charge is -2.13. The van der Waals surface area contributed by atoms with Gasteiger partial charge in [0.15, 0.2) is 0 Å². The zero-order chi connectivity index (χ0) is 11.3. The van der Waals surface area contributed by atoms with E-state index in [0.717, 1.165) is 6.54 Å². The van der Waals surface area contributed by atoms with Crippen molar-refractivity contribution in [3.05, 3.63) is 26.4 Å². The van der Waals surface area contributed by atoms with E-state index in [0.29, 0.717) is 6.04 Å². The molecule has 1 nitrogen and oxygen atoms in total. The zero-order valence-electron chi connectivity index (χ0n) is 9.51. The van der Waals surface area contributed by atoms with Gasteiger partial charge in [-0.1, -0.05) is 12.5 Å². The summed E-state index contributed by atoms with van der Waals surface area (Å²) in [4.78, 5) is 1.31. The van der Waals surface area contributed by atoms with E-state index in [1.54, 1.807) is 11.3 Å².